The van der Waals surface area contributed by atoms with E-state index in [-0.39, 0.29) is 29.5 Å². The van der Waals surface area contributed by atoms with Crippen molar-refractivity contribution in [2.75, 3.05) is 0 Å². The average Bonchev–Trinajstić information content (AvgIpc) is 2.91. The van der Waals surface area contributed by atoms with Gasteiger partial charge in [-0.3, -0.25) is 9.78 Å². The van der Waals surface area contributed by atoms with Gasteiger partial charge in [-0.1, -0.05) is 31.5 Å². The molecule has 0 amide bonds. The number of carboxylic acids is 1. The highest BCUT2D eigenvalue weighted by molar-refractivity contribution is 6.31. The molecule has 5 nitrogen and oxygen atoms in total. The Morgan fingerprint density at radius 1 is 1.24 bits per heavy atom. The lowest BCUT2D eigenvalue weighted by Gasteiger charge is -2.08. The minimum absolute atomic E-state index is 0.204. The molecule has 0 bridgehead atoms. The second-order valence-electron chi connectivity index (χ2n) is 6.18. The van der Waals surface area contributed by atoms with Gasteiger partial charge in [-0.25, -0.2) is 0 Å². The fraction of sp³-hybridized carbons (Fsp3) is 0.211. The van der Waals surface area contributed by atoms with E-state index in [9.17, 15) is 14.7 Å². The first kappa shape index (κ1) is 17.2. The third-order valence-corrected chi connectivity index (χ3v) is 4.33. The van der Waals surface area contributed by atoms with Gasteiger partial charge < -0.3 is 14.9 Å². The number of benzene rings is 1. The number of pyridine rings is 1. The second kappa shape index (κ2) is 6.69. The van der Waals surface area contributed by atoms with Gasteiger partial charge >= 0.3 is 0 Å². The number of carbonyl (C=O) groups is 2. The van der Waals surface area contributed by atoms with Gasteiger partial charge in [0.2, 0.25) is 5.78 Å². The topological polar surface area (TPSA) is 85.9 Å². The Kier molecular flexibility index (Phi) is 4.59. The number of rotatable bonds is 5. The summed E-state index contributed by atoms with van der Waals surface area (Å²) in [7, 11) is 0. The Bertz CT molecular complexity index is 976. The Labute approximate surface area is 149 Å². The van der Waals surface area contributed by atoms with Gasteiger partial charge in [0, 0.05) is 34.5 Å². The molecular formula is C19H16ClN2O3-. The van der Waals surface area contributed by atoms with Crippen LogP contribution in [0.3, 0.4) is 0 Å². The van der Waals surface area contributed by atoms with E-state index in [0.29, 0.717) is 21.5 Å². The van der Waals surface area contributed by atoms with Crippen molar-refractivity contribution in [3.05, 3.63) is 64.1 Å². The summed E-state index contributed by atoms with van der Waals surface area (Å²) in [6.45, 7) is 4.05. The van der Waals surface area contributed by atoms with E-state index in [2.05, 4.69) is 9.97 Å². The molecule has 0 spiro atoms. The molecular weight excluding hydrogens is 340 g/mol. The fourth-order valence-electron chi connectivity index (χ4n) is 2.81. The molecule has 2 aromatic heterocycles. The molecule has 0 atom stereocenters. The van der Waals surface area contributed by atoms with Crippen LogP contribution in [0.25, 0.3) is 10.9 Å². The Morgan fingerprint density at radius 2 is 2.00 bits per heavy atom. The van der Waals surface area contributed by atoms with Gasteiger partial charge in [0.15, 0.2) is 0 Å². The molecule has 25 heavy (non-hydrogen) atoms. The lowest BCUT2D eigenvalue weighted by atomic mass is 10.00. The molecule has 3 rings (SSSR count). The van der Waals surface area contributed by atoms with E-state index in [4.69, 9.17) is 11.6 Å². The summed E-state index contributed by atoms with van der Waals surface area (Å²) in [5.74, 6) is -1.36. The first-order valence-corrected chi connectivity index (χ1v) is 8.25. The number of aromatic amines is 1. The number of aliphatic carboxylic acids is 1. The minimum Gasteiger partial charge on any atom is -0.550 e. The summed E-state index contributed by atoms with van der Waals surface area (Å²) in [4.78, 5) is 31.2. The van der Waals surface area contributed by atoms with Gasteiger partial charge in [0.25, 0.3) is 0 Å². The van der Waals surface area contributed by atoms with Crippen molar-refractivity contribution in [1.82, 2.24) is 9.97 Å². The van der Waals surface area contributed by atoms with Crippen molar-refractivity contribution < 1.29 is 14.7 Å². The quantitative estimate of drug-likeness (QED) is 0.713. The summed E-state index contributed by atoms with van der Waals surface area (Å²) >= 11 is 5.99. The maximum absolute atomic E-state index is 12.9. The third-order valence-electron chi connectivity index (χ3n) is 4.10. The Morgan fingerprint density at radius 3 is 2.68 bits per heavy atom. The van der Waals surface area contributed by atoms with Crippen LogP contribution < -0.4 is 5.11 Å². The molecule has 1 aromatic carbocycles. The molecule has 0 saturated carbocycles. The lowest BCUT2D eigenvalue weighted by Crippen LogP contribution is -2.25. The maximum atomic E-state index is 12.9. The zero-order valence-electron chi connectivity index (χ0n) is 13.8. The number of nitrogens with zero attached hydrogens (tertiary/aromatic N) is 1. The standard InChI is InChI=1S/C19H17ClN2O3/c1-10(2)11-5-6-21-16(7-11)19(25)18-14(9-17(23)24)13-4-3-12(20)8-15(13)22-18/h3-8,10,22H,9H2,1-2H3,(H,23,24)/p-1. The van der Waals surface area contributed by atoms with Crippen LogP contribution >= 0.6 is 11.6 Å². The van der Waals surface area contributed by atoms with Crippen molar-refractivity contribution in [3.8, 4) is 0 Å². The second-order valence-corrected chi connectivity index (χ2v) is 6.61. The van der Waals surface area contributed by atoms with Crippen LogP contribution in [0.15, 0.2) is 36.5 Å². The van der Waals surface area contributed by atoms with Crippen LogP contribution in [0.4, 0.5) is 0 Å². The summed E-state index contributed by atoms with van der Waals surface area (Å²) in [5, 5.41) is 12.3. The number of aromatic nitrogens is 2. The fourth-order valence-corrected chi connectivity index (χ4v) is 2.98. The molecule has 128 valence electrons. The molecule has 0 unspecified atom stereocenters. The zero-order chi connectivity index (χ0) is 18.1. The number of carboxylic acid groups (broad SMARTS) is 1. The number of fused-ring (bicyclic) bond motifs is 1. The Hall–Kier alpha value is -2.66. The summed E-state index contributed by atoms with van der Waals surface area (Å²) in [6.07, 6.45) is 1.22. The van der Waals surface area contributed by atoms with E-state index < -0.39 is 5.97 Å². The number of ketones is 1. The van der Waals surface area contributed by atoms with Gasteiger partial charge in [-0.15, -0.1) is 0 Å². The summed E-state index contributed by atoms with van der Waals surface area (Å²) in [6, 6.07) is 8.59. The highest BCUT2D eigenvalue weighted by atomic mass is 35.5. The molecule has 2 heterocycles. The van der Waals surface area contributed by atoms with Crippen LogP contribution in [0.5, 0.6) is 0 Å². The number of carbonyl (C=O) groups excluding carboxylic acids is 2. The monoisotopic (exact) mass is 355 g/mol. The number of hydrogen-bond donors (Lipinski definition) is 1. The summed E-state index contributed by atoms with van der Waals surface area (Å²) < 4.78 is 0. The maximum Gasteiger partial charge on any atom is 0.227 e. The van der Waals surface area contributed by atoms with Crippen molar-refractivity contribution in [2.45, 2.75) is 26.2 Å². The predicted octanol–water partition coefficient (Wildman–Crippen LogP) is 2.86. The van der Waals surface area contributed by atoms with E-state index >= 15 is 0 Å². The van der Waals surface area contributed by atoms with Crippen molar-refractivity contribution in [2.24, 2.45) is 0 Å². The van der Waals surface area contributed by atoms with Crippen molar-refractivity contribution in [3.63, 3.8) is 0 Å². The van der Waals surface area contributed by atoms with Crippen molar-refractivity contribution in [1.29, 1.82) is 0 Å². The highest BCUT2D eigenvalue weighted by Crippen LogP contribution is 2.27. The van der Waals surface area contributed by atoms with Gasteiger partial charge in [-0.2, -0.15) is 0 Å². The number of H-pyrrole nitrogens is 1. The number of halogens is 1. The normalized spacial score (nSPS) is 11.2. The van der Waals surface area contributed by atoms with E-state index in [1.54, 1.807) is 30.5 Å². The molecule has 0 aliphatic rings. The van der Waals surface area contributed by atoms with Crippen LogP contribution in [0.1, 0.15) is 47.1 Å². The van der Waals surface area contributed by atoms with Gasteiger partial charge in [0.1, 0.15) is 5.69 Å². The van der Waals surface area contributed by atoms with E-state index in [1.165, 1.54) is 0 Å². The van der Waals surface area contributed by atoms with Gasteiger partial charge in [-0.05, 0) is 41.3 Å². The van der Waals surface area contributed by atoms with Crippen LogP contribution in [0, 0.1) is 0 Å². The molecule has 6 heteroatoms. The first-order chi connectivity index (χ1) is 11.9. The molecule has 1 N–H and O–H groups in total. The molecule has 3 aromatic rings. The van der Waals surface area contributed by atoms with Crippen molar-refractivity contribution >= 4 is 34.3 Å². The molecule has 0 radical (unpaired) electrons. The SMILES string of the molecule is CC(C)c1ccnc(C(=O)c2[nH]c3cc(Cl)ccc3c2CC(=O)[O-])c1. The first-order valence-electron chi connectivity index (χ1n) is 7.87. The third kappa shape index (κ3) is 3.42. The van der Waals surface area contributed by atoms with Gasteiger partial charge in [0.05, 0.1) is 5.69 Å². The lowest BCUT2D eigenvalue weighted by molar-refractivity contribution is -0.304. The van der Waals surface area contributed by atoms with Crippen LogP contribution in [0.2, 0.25) is 5.02 Å². The van der Waals surface area contributed by atoms with Crippen LogP contribution in [-0.2, 0) is 11.2 Å². The Balaban J connectivity index is 2.15. The summed E-state index contributed by atoms with van der Waals surface area (Å²) in [5.41, 5.74) is 2.44. The number of nitrogens with one attached hydrogen (secondary N) is 1. The number of hydrogen-bond acceptors (Lipinski definition) is 4. The largest absolute Gasteiger partial charge is 0.550 e. The highest BCUT2D eigenvalue weighted by Gasteiger charge is 2.21. The average molecular weight is 356 g/mol. The molecule has 0 aliphatic carbocycles. The smallest absolute Gasteiger partial charge is 0.227 e. The molecule has 0 fully saturated rings. The van der Waals surface area contributed by atoms with E-state index in [1.807, 2.05) is 19.9 Å². The zero-order valence-corrected chi connectivity index (χ0v) is 14.6. The molecule has 0 aliphatic heterocycles. The van der Waals surface area contributed by atoms with E-state index in [0.717, 1.165) is 5.56 Å². The minimum atomic E-state index is -1.26. The van der Waals surface area contributed by atoms with Crippen LogP contribution in [-0.4, -0.2) is 21.7 Å². The predicted molar refractivity (Wildman–Crippen MR) is 93.8 cm³/mol. The molecule has 0 saturated heterocycles.